The van der Waals surface area contributed by atoms with E-state index in [0.717, 1.165) is 5.56 Å². The molecule has 0 unspecified atom stereocenters. The lowest BCUT2D eigenvalue weighted by Crippen LogP contribution is -2.26. The third kappa shape index (κ3) is 4.01. The van der Waals surface area contributed by atoms with Gasteiger partial charge < -0.3 is 4.90 Å². The molecule has 2 rings (SSSR count). The maximum Gasteiger partial charge on any atom is 0.272 e. The van der Waals surface area contributed by atoms with E-state index in [9.17, 15) is 18.5 Å². The Balaban J connectivity index is 2.02. The fraction of sp³-hybridized carbons (Fsp3) is 0.571. The van der Waals surface area contributed by atoms with Crippen LogP contribution in [0.5, 0.6) is 0 Å². The van der Waals surface area contributed by atoms with Crippen LogP contribution in [0.1, 0.15) is 17.5 Å². The van der Waals surface area contributed by atoms with Crippen LogP contribution >= 0.6 is 0 Å². The number of hydrogen-bond donors (Lipinski definition) is 0. The molecule has 0 bridgehead atoms. The van der Waals surface area contributed by atoms with Crippen LogP contribution in [0.3, 0.4) is 0 Å². The molecule has 1 aliphatic heterocycles. The number of nitro benzene ring substituents is 1. The average Bonchev–Trinajstić information content (AvgIpc) is 2.70. The first-order chi connectivity index (χ1) is 9.78. The summed E-state index contributed by atoms with van der Waals surface area (Å²) >= 11 is 0. The summed E-state index contributed by atoms with van der Waals surface area (Å²) in [4.78, 5) is 12.6. The van der Waals surface area contributed by atoms with E-state index in [4.69, 9.17) is 0 Å². The summed E-state index contributed by atoms with van der Waals surface area (Å²) in [5.74, 6) is 0.700. The van der Waals surface area contributed by atoms with E-state index in [2.05, 4.69) is 0 Å². The van der Waals surface area contributed by atoms with Crippen LogP contribution in [0, 0.1) is 23.0 Å². The predicted molar refractivity (Wildman–Crippen MR) is 80.9 cm³/mol. The molecular formula is C14H20N2O4S. The molecule has 21 heavy (non-hydrogen) atoms. The summed E-state index contributed by atoms with van der Waals surface area (Å²) in [6.45, 7) is 3.03. The first kappa shape index (κ1) is 15.9. The third-order valence-corrected chi connectivity index (χ3v) is 5.79. The minimum absolute atomic E-state index is 0.129. The SMILES string of the molecule is Cc1c(CN(C)C[C@H]2CCS(=O)(=O)C2)cccc1[N+](=O)[O-]. The summed E-state index contributed by atoms with van der Waals surface area (Å²) in [5, 5.41) is 10.9. The first-order valence-electron chi connectivity index (χ1n) is 6.90. The van der Waals surface area contributed by atoms with Gasteiger partial charge in [0.05, 0.1) is 16.4 Å². The molecule has 1 aromatic carbocycles. The van der Waals surface area contributed by atoms with Gasteiger partial charge in [0, 0.05) is 24.7 Å². The van der Waals surface area contributed by atoms with Crippen LogP contribution < -0.4 is 0 Å². The zero-order valence-corrected chi connectivity index (χ0v) is 13.1. The Hall–Kier alpha value is -1.47. The minimum Gasteiger partial charge on any atom is -0.302 e. The predicted octanol–water partition coefficient (Wildman–Crippen LogP) is 1.77. The highest BCUT2D eigenvalue weighted by molar-refractivity contribution is 7.91. The normalized spacial score (nSPS) is 20.8. The zero-order valence-electron chi connectivity index (χ0n) is 12.3. The fourth-order valence-corrected chi connectivity index (χ4v) is 4.70. The molecule has 1 heterocycles. The number of nitro groups is 1. The second-order valence-electron chi connectivity index (χ2n) is 5.78. The van der Waals surface area contributed by atoms with Crippen molar-refractivity contribution >= 4 is 15.5 Å². The van der Waals surface area contributed by atoms with Crippen LogP contribution in [-0.4, -0.2) is 43.3 Å². The zero-order chi connectivity index (χ0) is 15.6. The van der Waals surface area contributed by atoms with Crippen molar-refractivity contribution in [2.24, 2.45) is 5.92 Å². The van der Waals surface area contributed by atoms with E-state index < -0.39 is 9.84 Å². The van der Waals surface area contributed by atoms with Crippen LogP contribution in [0.15, 0.2) is 18.2 Å². The second kappa shape index (κ2) is 6.11. The summed E-state index contributed by atoms with van der Waals surface area (Å²) in [6, 6.07) is 5.07. The van der Waals surface area contributed by atoms with Gasteiger partial charge in [0.2, 0.25) is 0 Å². The monoisotopic (exact) mass is 312 g/mol. The third-order valence-electron chi connectivity index (χ3n) is 3.95. The standard InChI is InChI=1S/C14H20N2O4S/c1-11-13(4-3-5-14(11)16(17)18)9-15(2)8-12-6-7-21(19,20)10-12/h3-5,12H,6-10H2,1-2H3/t12-/m1/s1. The lowest BCUT2D eigenvalue weighted by Gasteiger charge is -2.21. The molecule has 116 valence electrons. The van der Waals surface area contributed by atoms with Crippen molar-refractivity contribution in [3.8, 4) is 0 Å². The Morgan fingerprint density at radius 3 is 2.71 bits per heavy atom. The lowest BCUT2D eigenvalue weighted by molar-refractivity contribution is -0.385. The van der Waals surface area contributed by atoms with Crippen LogP contribution in [0.4, 0.5) is 5.69 Å². The summed E-state index contributed by atoms with van der Waals surface area (Å²) in [7, 11) is -0.936. The number of rotatable bonds is 5. The Morgan fingerprint density at radius 1 is 1.43 bits per heavy atom. The van der Waals surface area contributed by atoms with Crippen LogP contribution in [-0.2, 0) is 16.4 Å². The van der Waals surface area contributed by atoms with E-state index >= 15 is 0 Å². The van der Waals surface area contributed by atoms with Crippen molar-refractivity contribution in [3.05, 3.63) is 39.4 Å². The van der Waals surface area contributed by atoms with Gasteiger partial charge in [0.15, 0.2) is 9.84 Å². The first-order valence-corrected chi connectivity index (χ1v) is 8.72. The minimum atomic E-state index is -2.86. The van der Waals surface area contributed by atoms with Crippen LogP contribution in [0.25, 0.3) is 0 Å². The van der Waals surface area contributed by atoms with Crippen molar-refractivity contribution in [1.29, 1.82) is 0 Å². The highest BCUT2D eigenvalue weighted by Crippen LogP contribution is 2.23. The molecule has 0 spiro atoms. The summed E-state index contributed by atoms with van der Waals surface area (Å²) < 4.78 is 22.9. The Kier molecular flexibility index (Phi) is 4.63. The van der Waals surface area contributed by atoms with Crippen molar-refractivity contribution in [2.45, 2.75) is 19.9 Å². The molecule has 6 nitrogen and oxygen atoms in total. The Labute approximate surface area is 124 Å². The smallest absolute Gasteiger partial charge is 0.272 e. The highest BCUT2D eigenvalue weighted by atomic mass is 32.2. The van der Waals surface area contributed by atoms with Gasteiger partial charge in [-0.3, -0.25) is 10.1 Å². The molecule has 1 aromatic rings. The molecule has 0 N–H and O–H groups in total. The molecule has 0 amide bonds. The average molecular weight is 312 g/mol. The molecule has 0 aromatic heterocycles. The number of nitrogens with zero attached hydrogens (tertiary/aromatic N) is 2. The number of sulfone groups is 1. The topological polar surface area (TPSA) is 80.5 Å². The quantitative estimate of drug-likeness (QED) is 0.611. The highest BCUT2D eigenvalue weighted by Gasteiger charge is 2.28. The molecule has 1 fully saturated rings. The summed E-state index contributed by atoms with van der Waals surface area (Å²) in [5.41, 5.74) is 1.71. The van der Waals surface area contributed by atoms with Gasteiger partial charge in [-0.2, -0.15) is 0 Å². The van der Waals surface area contributed by atoms with Gasteiger partial charge >= 0.3 is 0 Å². The maximum absolute atomic E-state index is 11.5. The Morgan fingerprint density at radius 2 is 2.14 bits per heavy atom. The van der Waals surface area contributed by atoms with Gasteiger partial charge in [-0.1, -0.05) is 12.1 Å². The second-order valence-corrected chi connectivity index (χ2v) is 8.01. The van der Waals surface area contributed by atoms with E-state index in [-0.39, 0.29) is 28.0 Å². The number of benzene rings is 1. The molecule has 1 atom stereocenters. The molecular weight excluding hydrogens is 292 g/mol. The van der Waals surface area contributed by atoms with Gasteiger partial charge in [0.1, 0.15) is 0 Å². The largest absolute Gasteiger partial charge is 0.302 e. The maximum atomic E-state index is 11.5. The van der Waals surface area contributed by atoms with Crippen LogP contribution in [0.2, 0.25) is 0 Å². The van der Waals surface area contributed by atoms with Gasteiger partial charge in [-0.25, -0.2) is 8.42 Å². The molecule has 0 saturated carbocycles. The van der Waals surface area contributed by atoms with Crippen molar-refractivity contribution in [1.82, 2.24) is 4.90 Å². The van der Waals surface area contributed by atoms with E-state index in [0.29, 0.717) is 25.1 Å². The van der Waals surface area contributed by atoms with Gasteiger partial charge in [-0.15, -0.1) is 0 Å². The molecule has 0 aliphatic carbocycles. The van der Waals surface area contributed by atoms with Crippen molar-refractivity contribution in [3.63, 3.8) is 0 Å². The van der Waals surface area contributed by atoms with Gasteiger partial charge in [-0.05, 0) is 31.9 Å². The van der Waals surface area contributed by atoms with Crippen molar-refractivity contribution in [2.75, 3.05) is 25.1 Å². The molecule has 7 heteroatoms. The summed E-state index contributed by atoms with van der Waals surface area (Å²) in [6.07, 6.45) is 0.709. The van der Waals surface area contributed by atoms with E-state index in [1.165, 1.54) is 6.07 Å². The van der Waals surface area contributed by atoms with E-state index in [1.807, 2.05) is 18.0 Å². The Bertz CT molecular complexity index is 642. The van der Waals surface area contributed by atoms with Gasteiger partial charge in [0.25, 0.3) is 5.69 Å². The molecule has 0 radical (unpaired) electrons. The molecule has 1 aliphatic rings. The van der Waals surface area contributed by atoms with E-state index in [1.54, 1.807) is 13.0 Å². The molecule has 1 saturated heterocycles. The lowest BCUT2D eigenvalue weighted by atomic mass is 10.1. The number of hydrogen-bond acceptors (Lipinski definition) is 5. The van der Waals surface area contributed by atoms with Crippen molar-refractivity contribution < 1.29 is 13.3 Å². The fourth-order valence-electron chi connectivity index (χ4n) is 2.85.